The molecule has 0 amide bonds. The van der Waals surface area contributed by atoms with Crippen molar-refractivity contribution in [2.75, 3.05) is 18.6 Å². The van der Waals surface area contributed by atoms with Gasteiger partial charge in [0.2, 0.25) is 0 Å². The lowest BCUT2D eigenvalue weighted by molar-refractivity contribution is 0.177. The van der Waals surface area contributed by atoms with Crippen LogP contribution >= 0.6 is 0 Å². The van der Waals surface area contributed by atoms with E-state index >= 15 is 0 Å². The van der Waals surface area contributed by atoms with Gasteiger partial charge in [0.1, 0.15) is 12.4 Å². The Kier molecular flexibility index (Phi) is 4.53. The highest BCUT2D eigenvalue weighted by molar-refractivity contribution is 5.41. The van der Waals surface area contributed by atoms with E-state index in [9.17, 15) is 0 Å². The van der Waals surface area contributed by atoms with E-state index in [2.05, 4.69) is 27.9 Å². The van der Waals surface area contributed by atoms with Crippen molar-refractivity contribution in [2.24, 2.45) is 0 Å². The maximum atomic E-state index is 5.13. The molecule has 2 heterocycles. The maximum Gasteiger partial charge on any atom is 0.156 e. The number of anilines is 1. The molecule has 2 rings (SSSR count). The zero-order valence-electron chi connectivity index (χ0n) is 11.6. The Morgan fingerprint density at radius 1 is 1.39 bits per heavy atom. The van der Waals surface area contributed by atoms with Crippen molar-refractivity contribution >= 4 is 5.82 Å². The van der Waals surface area contributed by atoms with E-state index in [0.717, 1.165) is 23.9 Å². The van der Waals surface area contributed by atoms with Gasteiger partial charge in [0.05, 0.1) is 0 Å². The van der Waals surface area contributed by atoms with Gasteiger partial charge in [-0.3, -0.25) is 0 Å². The normalized spacial score (nSPS) is 20.2. The topological polar surface area (TPSA) is 38.2 Å². The third-order valence-corrected chi connectivity index (χ3v) is 3.55. The number of aryl methyl sites for hydroxylation is 1. The van der Waals surface area contributed by atoms with Crippen molar-refractivity contribution in [1.29, 1.82) is 0 Å². The summed E-state index contributed by atoms with van der Waals surface area (Å²) in [5.74, 6) is 1.86. The molecule has 0 N–H and O–H groups in total. The molecule has 1 fully saturated rings. The highest BCUT2D eigenvalue weighted by Gasteiger charge is 2.22. The number of aromatic nitrogens is 2. The van der Waals surface area contributed by atoms with Gasteiger partial charge in [0, 0.05) is 31.5 Å². The molecule has 0 bridgehead atoms. The third kappa shape index (κ3) is 2.99. The molecule has 1 aliphatic rings. The molecule has 100 valence electrons. The molecule has 18 heavy (non-hydrogen) atoms. The van der Waals surface area contributed by atoms with Gasteiger partial charge in [-0.1, -0.05) is 6.92 Å². The van der Waals surface area contributed by atoms with Crippen LogP contribution in [0.5, 0.6) is 0 Å². The Morgan fingerprint density at radius 3 is 2.94 bits per heavy atom. The van der Waals surface area contributed by atoms with E-state index in [1.165, 1.54) is 25.7 Å². The summed E-state index contributed by atoms with van der Waals surface area (Å²) in [6.45, 7) is 5.88. The average molecular weight is 249 g/mol. The molecule has 4 nitrogen and oxygen atoms in total. The smallest absolute Gasteiger partial charge is 0.156 e. The first kappa shape index (κ1) is 13.3. The first-order valence-electron chi connectivity index (χ1n) is 6.84. The summed E-state index contributed by atoms with van der Waals surface area (Å²) in [7, 11) is 1.68. The molecule has 1 aromatic heterocycles. The summed E-state index contributed by atoms with van der Waals surface area (Å²) in [6, 6.07) is 2.72. The standard InChI is InChI=1S/C14H23N3O/c1-4-12-7-5-6-8-17(12)14-9-11(2)15-13(16-14)10-18-3/h9,12H,4-8,10H2,1-3H3. The van der Waals surface area contributed by atoms with Gasteiger partial charge < -0.3 is 9.64 Å². The van der Waals surface area contributed by atoms with E-state index in [-0.39, 0.29) is 0 Å². The second kappa shape index (κ2) is 6.14. The van der Waals surface area contributed by atoms with Crippen molar-refractivity contribution in [3.8, 4) is 0 Å². The summed E-state index contributed by atoms with van der Waals surface area (Å²) in [5.41, 5.74) is 1.02. The minimum Gasteiger partial charge on any atom is -0.377 e. The molecule has 1 unspecified atom stereocenters. The number of hydrogen-bond acceptors (Lipinski definition) is 4. The number of ether oxygens (including phenoxy) is 1. The van der Waals surface area contributed by atoms with Gasteiger partial charge in [0.15, 0.2) is 5.82 Å². The Bertz CT molecular complexity index is 395. The molecule has 1 aromatic rings. The fourth-order valence-electron chi connectivity index (χ4n) is 2.68. The van der Waals surface area contributed by atoms with Crippen LogP contribution < -0.4 is 4.90 Å². The van der Waals surface area contributed by atoms with Gasteiger partial charge in [-0.2, -0.15) is 0 Å². The zero-order chi connectivity index (χ0) is 13.0. The van der Waals surface area contributed by atoms with Crippen LogP contribution in [0.25, 0.3) is 0 Å². The fraction of sp³-hybridized carbons (Fsp3) is 0.714. The van der Waals surface area contributed by atoms with Crippen molar-refractivity contribution in [3.05, 3.63) is 17.6 Å². The highest BCUT2D eigenvalue weighted by Crippen LogP contribution is 2.25. The minimum atomic E-state index is 0.485. The number of nitrogens with zero attached hydrogens (tertiary/aromatic N) is 3. The van der Waals surface area contributed by atoms with E-state index < -0.39 is 0 Å². The predicted octanol–water partition coefficient (Wildman–Crippen LogP) is 2.70. The highest BCUT2D eigenvalue weighted by atomic mass is 16.5. The number of piperidine rings is 1. The average Bonchev–Trinajstić information content (AvgIpc) is 2.38. The Morgan fingerprint density at radius 2 is 2.22 bits per heavy atom. The van der Waals surface area contributed by atoms with E-state index in [0.29, 0.717) is 12.6 Å². The number of methoxy groups -OCH3 is 1. The van der Waals surface area contributed by atoms with E-state index in [1.54, 1.807) is 7.11 Å². The van der Waals surface area contributed by atoms with E-state index in [4.69, 9.17) is 4.74 Å². The molecular formula is C14H23N3O. The summed E-state index contributed by atoms with van der Waals surface area (Å²) in [4.78, 5) is 11.5. The van der Waals surface area contributed by atoms with Crippen LogP contribution in [0.2, 0.25) is 0 Å². The largest absolute Gasteiger partial charge is 0.377 e. The van der Waals surface area contributed by atoms with Crippen LogP contribution in [0.4, 0.5) is 5.82 Å². The SMILES string of the molecule is CCC1CCCCN1c1cc(C)nc(COC)n1. The van der Waals surface area contributed by atoms with Crippen molar-refractivity contribution in [3.63, 3.8) is 0 Å². The third-order valence-electron chi connectivity index (χ3n) is 3.55. The van der Waals surface area contributed by atoms with Gasteiger partial charge in [-0.15, -0.1) is 0 Å². The second-order valence-electron chi connectivity index (χ2n) is 4.97. The van der Waals surface area contributed by atoms with Crippen LogP contribution in [-0.4, -0.2) is 29.7 Å². The molecule has 0 aliphatic carbocycles. The first-order chi connectivity index (χ1) is 8.74. The Balaban J connectivity index is 2.24. The fourth-order valence-corrected chi connectivity index (χ4v) is 2.68. The van der Waals surface area contributed by atoms with Crippen LogP contribution in [0.15, 0.2) is 6.07 Å². The molecule has 1 atom stereocenters. The van der Waals surface area contributed by atoms with Crippen LogP contribution in [0.3, 0.4) is 0 Å². The lowest BCUT2D eigenvalue weighted by Gasteiger charge is -2.36. The molecule has 4 heteroatoms. The quantitative estimate of drug-likeness (QED) is 0.822. The Labute approximate surface area is 109 Å². The molecule has 0 aromatic carbocycles. The summed E-state index contributed by atoms with van der Waals surface area (Å²) >= 11 is 0. The maximum absolute atomic E-state index is 5.13. The molecule has 0 radical (unpaired) electrons. The van der Waals surface area contributed by atoms with Crippen LogP contribution in [-0.2, 0) is 11.3 Å². The number of hydrogen-bond donors (Lipinski definition) is 0. The van der Waals surface area contributed by atoms with Crippen molar-refractivity contribution in [2.45, 2.75) is 52.2 Å². The van der Waals surface area contributed by atoms with Crippen molar-refractivity contribution in [1.82, 2.24) is 9.97 Å². The minimum absolute atomic E-state index is 0.485. The predicted molar refractivity (Wildman–Crippen MR) is 72.8 cm³/mol. The van der Waals surface area contributed by atoms with Gasteiger partial charge in [-0.05, 0) is 32.6 Å². The first-order valence-corrected chi connectivity index (χ1v) is 6.84. The van der Waals surface area contributed by atoms with Crippen LogP contribution in [0, 0.1) is 6.92 Å². The van der Waals surface area contributed by atoms with Gasteiger partial charge in [0.25, 0.3) is 0 Å². The number of rotatable bonds is 4. The van der Waals surface area contributed by atoms with Gasteiger partial charge >= 0.3 is 0 Å². The molecule has 1 saturated heterocycles. The Hall–Kier alpha value is -1.16. The second-order valence-corrected chi connectivity index (χ2v) is 4.97. The van der Waals surface area contributed by atoms with Crippen LogP contribution in [0.1, 0.15) is 44.1 Å². The summed E-state index contributed by atoms with van der Waals surface area (Å²) < 4.78 is 5.13. The lowest BCUT2D eigenvalue weighted by atomic mass is 10.00. The van der Waals surface area contributed by atoms with Crippen molar-refractivity contribution < 1.29 is 4.74 Å². The summed E-state index contributed by atoms with van der Waals surface area (Å²) in [5, 5.41) is 0. The molecule has 0 spiro atoms. The molecular weight excluding hydrogens is 226 g/mol. The van der Waals surface area contributed by atoms with Gasteiger partial charge in [-0.25, -0.2) is 9.97 Å². The molecule has 0 saturated carbocycles. The van der Waals surface area contributed by atoms with E-state index in [1.807, 2.05) is 6.92 Å². The zero-order valence-corrected chi connectivity index (χ0v) is 11.6. The summed E-state index contributed by atoms with van der Waals surface area (Å²) in [6.07, 6.45) is 5.06. The lowest BCUT2D eigenvalue weighted by Crippen LogP contribution is -2.39. The monoisotopic (exact) mass is 249 g/mol. The molecule has 1 aliphatic heterocycles.